The van der Waals surface area contributed by atoms with Gasteiger partial charge >= 0.3 is 5.97 Å². The van der Waals surface area contributed by atoms with Gasteiger partial charge in [0, 0.05) is 16.4 Å². The number of nitrogens with two attached hydrogens (primary N) is 1. The minimum absolute atomic E-state index is 0.0221. The van der Waals surface area contributed by atoms with Crippen molar-refractivity contribution >= 4 is 5.97 Å². The molecule has 5 heteroatoms. The first-order valence-corrected chi connectivity index (χ1v) is 17.2. The van der Waals surface area contributed by atoms with Gasteiger partial charge in [-0.2, -0.15) is 0 Å². The molecule has 4 aliphatic carbocycles. The lowest BCUT2D eigenvalue weighted by atomic mass is 9.34. The highest BCUT2D eigenvalue weighted by Gasteiger charge is 2.71. The SMILES string of the molecule is CC(C)[C@@H](C)[C@@]1(C)CC[C@]2(C)[C@H]3CC[C@@H]4[C@@]5(COC[C@]4(C)[C@@H](OC[C@](C)(N)C(C)C)[C@H](C)C5)C3=CC[C@@]2(C)[C@@H]1C(=O)O. The second kappa shape index (κ2) is 10.3. The van der Waals surface area contributed by atoms with Crippen molar-refractivity contribution in [3.8, 4) is 0 Å². The van der Waals surface area contributed by atoms with Gasteiger partial charge in [-0.3, -0.25) is 4.79 Å². The van der Waals surface area contributed by atoms with Crippen molar-refractivity contribution in [2.45, 2.75) is 126 Å². The smallest absolute Gasteiger partial charge is 0.307 e. The molecular formula is C37H63NO4. The molecule has 1 aliphatic heterocycles. The van der Waals surface area contributed by atoms with Crippen LogP contribution in [0.1, 0.15) is 115 Å². The zero-order valence-corrected chi connectivity index (χ0v) is 28.8. The van der Waals surface area contributed by atoms with Gasteiger partial charge in [-0.15, -0.1) is 0 Å². The lowest BCUT2D eigenvalue weighted by molar-refractivity contribution is -0.253. The maximum atomic E-state index is 13.3. The average molecular weight is 586 g/mol. The molecule has 5 rings (SSSR count). The first-order valence-electron chi connectivity index (χ1n) is 17.2. The molecule has 0 aromatic rings. The number of carboxylic acid groups (broad SMARTS) is 1. The maximum Gasteiger partial charge on any atom is 0.307 e. The number of carboxylic acids is 1. The van der Waals surface area contributed by atoms with Gasteiger partial charge in [-0.25, -0.2) is 0 Å². The molecule has 4 fully saturated rings. The van der Waals surface area contributed by atoms with Crippen LogP contribution in [-0.2, 0) is 14.3 Å². The Kier molecular flexibility index (Phi) is 7.97. The molecule has 1 heterocycles. The molecule has 0 aromatic heterocycles. The molecule has 3 N–H and O–H groups in total. The van der Waals surface area contributed by atoms with Crippen molar-refractivity contribution in [3.63, 3.8) is 0 Å². The molecule has 5 nitrogen and oxygen atoms in total. The van der Waals surface area contributed by atoms with Gasteiger partial charge in [0.25, 0.3) is 0 Å². The van der Waals surface area contributed by atoms with Crippen molar-refractivity contribution in [2.24, 2.45) is 74.2 Å². The van der Waals surface area contributed by atoms with Gasteiger partial charge in [-0.1, -0.05) is 80.9 Å². The summed E-state index contributed by atoms with van der Waals surface area (Å²) in [7, 11) is 0. The van der Waals surface area contributed by atoms with Gasteiger partial charge < -0.3 is 20.3 Å². The highest BCUT2D eigenvalue weighted by Crippen LogP contribution is 2.75. The van der Waals surface area contributed by atoms with Crippen LogP contribution in [0, 0.1) is 68.5 Å². The van der Waals surface area contributed by atoms with Crippen LogP contribution in [0.15, 0.2) is 11.6 Å². The fourth-order valence-electron chi connectivity index (χ4n) is 11.8. The van der Waals surface area contributed by atoms with Crippen molar-refractivity contribution in [2.75, 3.05) is 19.8 Å². The Morgan fingerprint density at radius 3 is 2.36 bits per heavy atom. The van der Waals surface area contributed by atoms with Crippen LogP contribution < -0.4 is 5.73 Å². The summed E-state index contributed by atoms with van der Waals surface area (Å²) in [6, 6.07) is 0. The van der Waals surface area contributed by atoms with E-state index in [4.69, 9.17) is 15.2 Å². The van der Waals surface area contributed by atoms with E-state index >= 15 is 0 Å². The van der Waals surface area contributed by atoms with Crippen LogP contribution in [0.3, 0.4) is 0 Å². The number of fused-ring (bicyclic) bond motifs is 3. The fourth-order valence-corrected chi connectivity index (χ4v) is 11.8. The molecule has 1 saturated heterocycles. The molecule has 3 saturated carbocycles. The van der Waals surface area contributed by atoms with E-state index in [0.29, 0.717) is 42.1 Å². The molecule has 0 unspecified atom stereocenters. The highest BCUT2D eigenvalue weighted by molar-refractivity contribution is 5.73. The predicted molar refractivity (Wildman–Crippen MR) is 170 cm³/mol. The first-order chi connectivity index (χ1) is 19.3. The van der Waals surface area contributed by atoms with Crippen LogP contribution in [0.2, 0.25) is 0 Å². The minimum atomic E-state index is -0.588. The largest absolute Gasteiger partial charge is 0.481 e. The normalized spacial score (nSPS) is 48.9. The molecule has 0 spiro atoms. The predicted octanol–water partition coefficient (Wildman–Crippen LogP) is 7.97. The first kappa shape index (κ1) is 32.5. The third-order valence-corrected chi connectivity index (χ3v) is 15.3. The van der Waals surface area contributed by atoms with E-state index < -0.39 is 5.97 Å². The van der Waals surface area contributed by atoms with E-state index in [-0.39, 0.29) is 44.6 Å². The number of allylic oxidation sites excluding steroid dienone is 1. The van der Waals surface area contributed by atoms with Crippen LogP contribution in [0.25, 0.3) is 0 Å². The van der Waals surface area contributed by atoms with Gasteiger partial charge in [0.15, 0.2) is 0 Å². The Morgan fingerprint density at radius 1 is 1.10 bits per heavy atom. The van der Waals surface area contributed by atoms with E-state index in [0.717, 1.165) is 45.3 Å². The Labute approximate surface area is 257 Å². The zero-order valence-electron chi connectivity index (χ0n) is 28.8. The van der Waals surface area contributed by atoms with Crippen LogP contribution in [0.4, 0.5) is 0 Å². The summed E-state index contributed by atoms with van der Waals surface area (Å²) in [6.07, 6.45) is 9.03. The Balaban J connectivity index is 1.53. The molecule has 0 radical (unpaired) electrons. The van der Waals surface area contributed by atoms with Crippen molar-refractivity contribution < 1.29 is 19.4 Å². The van der Waals surface area contributed by atoms with Crippen LogP contribution >= 0.6 is 0 Å². The summed E-state index contributed by atoms with van der Waals surface area (Å²) in [5, 5.41) is 10.9. The summed E-state index contributed by atoms with van der Waals surface area (Å²) in [6.45, 7) is 27.4. The van der Waals surface area contributed by atoms with Crippen molar-refractivity contribution in [1.82, 2.24) is 0 Å². The van der Waals surface area contributed by atoms with Crippen LogP contribution in [0.5, 0.6) is 0 Å². The molecule has 5 aliphatic rings. The third kappa shape index (κ3) is 4.28. The van der Waals surface area contributed by atoms with Gasteiger partial charge in [0.05, 0.1) is 31.8 Å². The molecule has 12 atom stereocenters. The number of rotatable bonds is 7. The summed E-state index contributed by atoms with van der Waals surface area (Å²) in [4.78, 5) is 13.3. The van der Waals surface area contributed by atoms with Crippen molar-refractivity contribution in [1.29, 1.82) is 0 Å². The van der Waals surface area contributed by atoms with E-state index in [1.807, 2.05) is 0 Å². The quantitative estimate of drug-likeness (QED) is 0.296. The second-order valence-electron chi connectivity index (χ2n) is 17.9. The monoisotopic (exact) mass is 585 g/mol. The second-order valence-corrected chi connectivity index (χ2v) is 17.9. The van der Waals surface area contributed by atoms with E-state index in [2.05, 4.69) is 82.2 Å². The third-order valence-electron chi connectivity index (χ3n) is 15.3. The highest BCUT2D eigenvalue weighted by atomic mass is 16.5. The average Bonchev–Trinajstić information content (AvgIpc) is 2.88. The molecule has 42 heavy (non-hydrogen) atoms. The molecular weight excluding hydrogens is 522 g/mol. The lowest BCUT2D eigenvalue weighted by Crippen LogP contribution is -2.69. The van der Waals surface area contributed by atoms with Gasteiger partial charge in [-0.05, 0) is 97.2 Å². The number of aliphatic carboxylic acids is 1. The van der Waals surface area contributed by atoms with E-state index in [1.54, 1.807) is 5.57 Å². The molecule has 0 aromatic carbocycles. The summed E-state index contributed by atoms with van der Waals surface area (Å²) in [5.74, 6) is 1.57. The minimum Gasteiger partial charge on any atom is -0.481 e. The molecule has 240 valence electrons. The van der Waals surface area contributed by atoms with Crippen LogP contribution in [-0.4, -0.2) is 42.5 Å². The fraction of sp³-hybridized carbons (Fsp3) is 0.919. The standard InChI is InChI=1S/C37H63NO4/c1-22(2)25(6)32(7)16-17-34(9)26-12-13-28-33(8)19-41-21-37(28,27(26)14-15-35(34,10)29(32)31(39)40)18-24(5)30(33)42-20-36(11,38)23(3)4/h14,22-26,28-30H,12-13,15-21,38H2,1-11H3,(H,39,40)/t24-,25-,26+,28+,29-,30+,32-,33+,34-,35+,36+,37+/m1/s1. The van der Waals surface area contributed by atoms with Crippen molar-refractivity contribution in [3.05, 3.63) is 11.6 Å². The lowest BCUT2D eigenvalue weighted by Gasteiger charge is -2.71. The molecule has 0 amide bonds. The van der Waals surface area contributed by atoms with Gasteiger partial charge in [0.2, 0.25) is 0 Å². The van der Waals surface area contributed by atoms with Gasteiger partial charge in [0.1, 0.15) is 0 Å². The zero-order chi connectivity index (χ0) is 31.3. The number of hydrogen-bond acceptors (Lipinski definition) is 4. The summed E-state index contributed by atoms with van der Waals surface area (Å²) in [5.41, 5.74) is 7.38. The Morgan fingerprint density at radius 2 is 1.76 bits per heavy atom. The van der Waals surface area contributed by atoms with E-state index in [1.165, 1.54) is 6.42 Å². The maximum absolute atomic E-state index is 13.3. The Hall–Kier alpha value is -0.910. The van der Waals surface area contributed by atoms with E-state index in [9.17, 15) is 9.90 Å². The molecule has 2 bridgehead atoms. The number of ether oxygens (including phenoxy) is 2. The topological polar surface area (TPSA) is 81.8 Å². The summed E-state index contributed by atoms with van der Waals surface area (Å²) >= 11 is 0. The number of carbonyl (C=O) groups is 1. The summed E-state index contributed by atoms with van der Waals surface area (Å²) < 4.78 is 13.4. The Bertz CT molecular complexity index is 1100. The number of hydrogen-bond donors (Lipinski definition) is 2.